The predicted octanol–water partition coefficient (Wildman–Crippen LogP) is 8.35. The molecule has 0 radical (unpaired) electrons. The molecule has 1 atom stereocenters. The molecule has 0 spiro atoms. The minimum atomic E-state index is -4.34. The van der Waals surface area contributed by atoms with Crippen LogP contribution in [-0.2, 0) is 15.5 Å². The fourth-order valence-electron chi connectivity index (χ4n) is 4.25. The fraction of sp³-hybridized carbons (Fsp3) is 0.793. The highest BCUT2D eigenvalue weighted by Crippen LogP contribution is 2.39. The topological polar surface area (TPSA) is 70.6 Å². The number of unbranched alkanes of at least 4 members (excludes halogenated alkanes) is 15. The Kier molecular flexibility index (Phi) is 20.5. The molecule has 0 saturated heterocycles. The molecule has 0 amide bonds. The van der Waals surface area contributed by atoms with Gasteiger partial charge in [-0.15, -0.1) is 0 Å². The van der Waals surface area contributed by atoms with Gasteiger partial charge in [0, 0.05) is 6.54 Å². The molecule has 35 heavy (non-hydrogen) atoms. The zero-order valence-electron chi connectivity index (χ0n) is 22.7. The first-order chi connectivity index (χ1) is 17.1. The maximum absolute atomic E-state index is 12.1. The second-order valence-corrected chi connectivity index (χ2v) is 11.2. The second kappa shape index (κ2) is 22.3. The quantitative estimate of drug-likeness (QED) is 0.106. The zero-order valence-corrected chi connectivity index (χ0v) is 23.6. The minimum Gasteiger partial charge on any atom is -0.746 e. The van der Waals surface area contributed by atoms with Crippen molar-refractivity contribution in [3.63, 3.8) is 0 Å². The summed E-state index contributed by atoms with van der Waals surface area (Å²) >= 11 is 0. The number of phosphoric ester groups is 1. The standard InChI is InChI=1S/C29H54NO4P/c1-3-5-7-9-11-12-13-15-17-19-25-30-26-27-33-35(31,32)34-29-23-21-28(22-24-29)20-18-16-14-10-8-6-4-2/h21-24,30H,3-20,25-27H2,1-2H3,(H,31,32)/p-1. The summed E-state index contributed by atoms with van der Waals surface area (Å²) in [6, 6.07) is 7.32. The van der Waals surface area contributed by atoms with E-state index in [2.05, 4.69) is 19.2 Å². The molecule has 1 unspecified atom stereocenters. The Morgan fingerprint density at radius 2 is 1.17 bits per heavy atom. The van der Waals surface area contributed by atoms with Crippen LogP contribution in [0.15, 0.2) is 24.3 Å². The maximum Gasteiger partial charge on any atom is 0.319 e. The van der Waals surface area contributed by atoms with Crippen LogP contribution in [0.5, 0.6) is 5.75 Å². The van der Waals surface area contributed by atoms with Crippen LogP contribution < -0.4 is 14.7 Å². The van der Waals surface area contributed by atoms with Crippen molar-refractivity contribution in [1.29, 1.82) is 0 Å². The van der Waals surface area contributed by atoms with Gasteiger partial charge in [0.2, 0.25) is 0 Å². The van der Waals surface area contributed by atoms with E-state index in [9.17, 15) is 9.46 Å². The van der Waals surface area contributed by atoms with Crippen molar-refractivity contribution < 1.29 is 18.5 Å². The minimum absolute atomic E-state index is 0.0921. The van der Waals surface area contributed by atoms with Crippen LogP contribution >= 0.6 is 7.82 Å². The van der Waals surface area contributed by atoms with E-state index in [0.29, 0.717) is 12.3 Å². The van der Waals surface area contributed by atoms with Crippen LogP contribution in [0.4, 0.5) is 0 Å². The second-order valence-electron chi connectivity index (χ2n) is 9.82. The third kappa shape index (κ3) is 19.9. The van der Waals surface area contributed by atoms with Gasteiger partial charge in [0.05, 0.1) is 6.61 Å². The Bertz CT molecular complexity index is 638. The van der Waals surface area contributed by atoms with Gasteiger partial charge in [-0.05, 0) is 43.5 Å². The van der Waals surface area contributed by atoms with Crippen molar-refractivity contribution in [2.24, 2.45) is 0 Å². The van der Waals surface area contributed by atoms with Crippen LogP contribution in [0.1, 0.15) is 129 Å². The van der Waals surface area contributed by atoms with Crippen LogP contribution in [0, 0.1) is 0 Å². The largest absolute Gasteiger partial charge is 0.746 e. The van der Waals surface area contributed by atoms with Gasteiger partial charge in [-0.1, -0.05) is 122 Å². The highest BCUT2D eigenvalue weighted by Gasteiger charge is 2.11. The zero-order chi connectivity index (χ0) is 25.5. The van der Waals surface area contributed by atoms with E-state index in [0.717, 1.165) is 19.4 Å². The SMILES string of the molecule is CCCCCCCCCCCCNCCOP(=O)([O-])Oc1ccc(CCCCCCCCC)cc1. The fourth-order valence-corrected chi connectivity index (χ4v) is 5.00. The third-order valence-electron chi connectivity index (χ3n) is 6.44. The number of hydrogen-bond donors (Lipinski definition) is 1. The number of phosphoric acid groups is 1. The van der Waals surface area contributed by atoms with Crippen molar-refractivity contribution >= 4 is 7.82 Å². The average Bonchev–Trinajstić information content (AvgIpc) is 2.84. The first-order valence-electron chi connectivity index (χ1n) is 14.5. The summed E-state index contributed by atoms with van der Waals surface area (Å²) in [4.78, 5) is 12.1. The summed E-state index contributed by atoms with van der Waals surface area (Å²) in [6.07, 6.45) is 23.1. The predicted molar refractivity (Wildman–Crippen MR) is 147 cm³/mol. The molecule has 0 saturated carbocycles. The number of nitrogens with one attached hydrogen (secondary N) is 1. The van der Waals surface area contributed by atoms with Gasteiger partial charge in [0.25, 0.3) is 0 Å². The van der Waals surface area contributed by atoms with Gasteiger partial charge in [0.15, 0.2) is 0 Å². The number of aryl methyl sites for hydroxylation is 1. The number of benzene rings is 1. The Balaban J connectivity index is 2.01. The molecule has 0 aliphatic carbocycles. The summed E-state index contributed by atoms with van der Waals surface area (Å²) in [7, 11) is -4.34. The monoisotopic (exact) mass is 510 g/mol. The van der Waals surface area contributed by atoms with Crippen LogP contribution in [0.2, 0.25) is 0 Å². The molecule has 0 aliphatic rings. The summed E-state index contributed by atoms with van der Waals surface area (Å²) < 4.78 is 22.2. The van der Waals surface area contributed by atoms with Crippen molar-refractivity contribution in [1.82, 2.24) is 5.32 Å². The molecule has 0 aromatic heterocycles. The summed E-state index contributed by atoms with van der Waals surface area (Å²) in [5.41, 5.74) is 1.21. The number of rotatable bonds is 25. The first kappa shape index (κ1) is 32.2. The van der Waals surface area contributed by atoms with E-state index < -0.39 is 7.82 Å². The molecule has 0 bridgehead atoms. The molecule has 1 rings (SSSR count). The van der Waals surface area contributed by atoms with Crippen molar-refractivity contribution in [2.45, 2.75) is 129 Å². The molecule has 1 N–H and O–H groups in total. The van der Waals surface area contributed by atoms with E-state index >= 15 is 0 Å². The lowest BCUT2D eigenvalue weighted by atomic mass is 10.0. The van der Waals surface area contributed by atoms with Gasteiger partial charge in [-0.2, -0.15) is 0 Å². The Hall–Kier alpha value is -0.870. The molecule has 204 valence electrons. The first-order valence-corrected chi connectivity index (χ1v) is 16.0. The van der Waals surface area contributed by atoms with Crippen molar-refractivity contribution in [2.75, 3.05) is 19.7 Å². The number of hydrogen-bond acceptors (Lipinski definition) is 5. The third-order valence-corrected chi connectivity index (χ3v) is 7.38. The summed E-state index contributed by atoms with van der Waals surface area (Å²) in [5, 5.41) is 3.25. The van der Waals surface area contributed by atoms with Gasteiger partial charge in [-0.3, -0.25) is 4.57 Å². The normalized spacial score (nSPS) is 13.1. The lowest BCUT2D eigenvalue weighted by molar-refractivity contribution is -0.216. The highest BCUT2D eigenvalue weighted by molar-refractivity contribution is 7.46. The molecule has 1 aromatic carbocycles. The molecular formula is C29H53NO4P-. The van der Waals surface area contributed by atoms with Crippen LogP contribution in [-0.4, -0.2) is 19.7 Å². The lowest BCUT2D eigenvalue weighted by Gasteiger charge is -2.23. The smallest absolute Gasteiger partial charge is 0.319 e. The summed E-state index contributed by atoms with van der Waals surface area (Å²) in [5.74, 6) is 0.310. The van der Waals surface area contributed by atoms with E-state index in [-0.39, 0.29) is 6.61 Å². The molecule has 1 aromatic rings. The Morgan fingerprint density at radius 3 is 1.71 bits per heavy atom. The Labute approximate surface area is 216 Å². The van der Waals surface area contributed by atoms with Gasteiger partial charge >= 0.3 is 7.82 Å². The Morgan fingerprint density at radius 1 is 0.686 bits per heavy atom. The molecule has 6 heteroatoms. The van der Waals surface area contributed by atoms with E-state index in [1.807, 2.05) is 12.1 Å². The molecule has 0 aliphatic heterocycles. The van der Waals surface area contributed by atoms with Gasteiger partial charge < -0.3 is 19.3 Å². The lowest BCUT2D eigenvalue weighted by Crippen LogP contribution is -2.22. The molecule has 5 nitrogen and oxygen atoms in total. The highest BCUT2D eigenvalue weighted by atomic mass is 31.2. The average molecular weight is 511 g/mol. The van der Waals surface area contributed by atoms with Crippen molar-refractivity contribution in [3.05, 3.63) is 29.8 Å². The van der Waals surface area contributed by atoms with Crippen LogP contribution in [0.3, 0.4) is 0 Å². The van der Waals surface area contributed by atoms with Crippen LogP contribution in [0.25, 0.3) is 0 Å². The molecular weight excluding hydrogens is 457 g/mol. The maximum atomic E-state index is 12.1. The van der Waals surface area contributed by atoms with E-state index in [4.69, 9.17) is 9.05 Å². The van der Waals surface area contributed by atoms with Crippen molar-refractivity contribution in [3.8, 4) is 5.75 Å². The van der Waals surface area contributed by atoms with Gasteiger partial charge in [-0.25, -0.2) is 0 Å². The van der Waals surface area contributed by atoms with E-state index in [1.54, 1.807) is 12.1 Å². The molecule has 0 heterocycles. The van der Waals surface area contributed by atoms with E-state index in [1.165, 1.54) is 108 Å². The molecule has 0 fully saturated rings. The summed E-state index contributed by atoms with van der Waals surface area (Å²) in [6.45, 7) is 5.98. The van der Waals surface area contributed by atoms with Gasteiger partial charge in [0.1, 0.15) is 5.75 Å².